The van der Waals surface area contributed by atoms with Crippen LogP contribution in [0.2, 0.25) is 0 Å². The summed E-state index contributed by atoms with van der Waals surface area (Å²) in [6.45, 7) is 0.317. The fourth-order valence-corrected chi connectivity index (χ4v) is 3.58. The summed E-state index contributed by atoms with van der Waals surface area (Å²) < 4.78 is 27.2. The largest absolute Gasteiger partial charge is 0.504 e. The molecule has 1 aliphatic rings. The van der Waals surface area contributed by atoms with E-state index in [1.807, 2.05) is 18.2 Å². The summed E-state index contributed by atoms with van der Waals surface area (Å²) in [6.07, 6.45) is -2.52. The minimum absolute atomic E-state index is 0.0842. The van der Waals surface area contributed by atoms with Crippen molar-refractivity contribution >= 4 is 6.08 Å². The number of phenols is 1. The highest BCUT2D eigenvalue weighted by Gasteiger charge is 2.44. The number of hydrogen-bond donors (Lipinski definition) is 5. The predicted octanol–water partition coefficient (Wildman–Crippen LogP) is 0.861. The van der Waals surface area contributed by atoms with E-state index in [0.717, 1.165) is 11.1 Å². The number of benzene rings is 2. The van der Waals surface area contributed by atoms with Crippen molar-refractivity contribution in [1.29, 1.82) is 0 Å². The molecule has 1 saturated heterocycles. The average Bonchev–Trinajstić information content (AvgIpc) is 2.87. The Morgan fingerprint density at radius 3 is 2.40 bits per heavy atom. The van der Waals surface area contributed by atoms with E-state index in [9.17, 15) is 25.5 Å². The Morgan fingerprint density at radius 1 is 0.914 bits per heavy atom. The van der Waals surface area contributed by atoms with Crippen LogP contribution in [0.15, 0.2) is 42.5 Å². The predicted molar refractivity (Wildman–Crippen MR) is 126 cm³/mol. The van der Waals surface area contributed by atoms with Gasteiger partial charge in [0.05, 0.1) is 34.0 Å². The third kappa shape index (κ3) is 6.85. The van der Waals surface area contributed by atoms with Crippen LogP contribution in [0.25, 0.3) is 6.08 Å². The van der Waals surface area contributed by atoms with E-state index in [4.69, 9.17) is 23.7 Å². The fourth-order valence-electron chi connectivity index (χ4n) is 3.58. The van der Waals surface area contributed by atoms with Gasteiger partial charge in [-0.2, -0.15) is 0 Å². The van der Waals surface area contributed by atoms with Gasteiger partial charge in [0.2, 0.25) is 6.29 Å². The molecule has 0 spiro atoms. The molecule has 0 radical (unpaired) electrons. The molecule has 5 atom stereocenters. The monoisotopic (exact) mass is 492 g/mol. The van der Waals surface area contributed by atoms with E-state index in [0.29, 0.717) is 31.1 Å². The van der Waals surface area contributed by atoms with Crippen molar-refractivity contribution in [2.24, 2.45) is 0 Å². The lowest BCUT2D eigenvalue weighted by Crippen LogP contribution is -2.60. The van der Waals surface area contributed by atoms with Crippen molar-refractivity contribution in [2.75, 3.05) is 34.0 Å². The smallest absolute Gasteiger partial charge is 0.229 e. The van der Waals surface area contributed by atoms with Gasteiger partial charge < -0.3 is 49.2 Å². The zero-order valence-electron chi connectivity index (χ0n) is 19.6. The Labute approximate surface area is 203 Å². The van der Waals surface area contributed by atoms with Crippen LogP contribution in [0.3, 0.4) is 0 Å². The summed E-state index contributed by atoms with van der Waals surface area (Å²) in [4.78, 5) is 0. The van der Waals surface area contributed by atoms with E-state index in [1.54, 1.807) is 30.3 Å². The van der Waals surface area contributed by atoms with Crippen LogP contribution < -0.4 is 14.2 Å². The lowest BCUT2D eigenvalue weighted by Gasteiger charge is -2.39. The number of methoxy groups -OCH3 is 2. The Bertz CT molecular complexity index is 977. The molecule has 1 heterocycles. The number of ether oxygens (including phenoxy) is 5. The first-order valence-corrected chi connectivity index (χ1v) is 11.1. The van der Waals surface area contributed by atoms with E-state index in [2.05, 4.69) is 0 Å². The molecule has 0 aliphatic carbocycles. The second-order valence-corrected chi connectivity index (χ2v) is 7.96. The van der Waals surface area contributed by atoms with Crippen molar-refractivity contribution in [3.8, 4) is 23.0 Å². The van der Waals surface area contributed by atoms with Crippen LogP contribution in [-0.2, 0) is 15.9 Å². The zero-order chi connectivity index (χ0) is 25.4. The van der Waals surface area contributed by atoms with Gasteiger partial charge in [-0.3, -0.25) is 0 Å². The van der Waals surface area contributed by atoms with Gasteiger partial charge in [0.15, 0.2) is 23.0 Å². The molecule has 10 nitrogen and oxygen atoms in total. The maximum absolute atomic E-state index is 10.2. The van der Waals surface area contributed by atoms with Crippen molar-refractivity contribution in [3.63, 3.8) is 0 Å². The summed E-state index contributed by atoms with van der Waals surface area (Å²) in [6, 6.07) is 10.3. The lowest BCUT2D eigenvalue weighted by atomic mass is 9.99. The van der Waals surface area contributed by atoms with E-state index >= 15 is 0 Å². The molecule has 2 aromatic carbocycles. The SMILES string of the molecule is COc1cc(C=CCOCCc2ccc(OC3OC(CO)C(O)C(O)C3O)c(OC)c2)ccc1O. The Kier molecular flexibility index (Phi) is 9.73. The van der Waals surface area contributed by atoms with Crippen molar-refractivity contribution in [2.45, 2.75) is 37.1 Å². The molecule has 35 heavy (non-hydrogen) atoms. The fraction of sp³-hybridized carbons (Fsp3) is 0.440. The van der Waals surface area contributed by atoms with Crippen LogP contribution in [-0.4, -0.2) is 90.3 Å². The Balaban J connectivity index is 1.51. The van der Waals surface area contributed by atoms with E-state index < -0.39 is 37.3 Å². The third-order valence-corrected chi connectivity index (χ3v) is 5.58. The topological polar surface area (TPSA) is 147 Å². The van der Waals surface area contributed by atoms with Crippen LogP contribution in [0.5, 0.6) is 23.0 Å². The number of phenolic OH excluding ortho intramolecular Hbond substituents is 1. The van der Waals surface area contributed by atoms with Gasteiger partial charge >= 0.3 is 0 Å². The van der Waals surface area contributed by atoms with E-state index in [1.165, 1.54) is 14.2 Å². The second kappa shape index (κ2) is 12.7. The van der Waals surface area contributed by atoms with E-state index in [-0.39, 0.29) is 11.5 Å². The number of rotatable bonds is 11. The van der Waals surface area contributed by atoms with Crippen molar-refractivity contribution in [1.82, 2.24) is 0 Å². The Morgan fingerprint density at radius 2 is 1.69 bits per heavy atom. The number of hydrogen-bond acceptors (Lipinski definition) is 10. The van der Waals surface area contributed by atoms with Crippen molar-refractivity contribution < 1.29 is 49.2 Å². The molecule has 1 fully saturated rings. The van der Waals surface area contributed by atoms with Gasteiger partial charge in [0, 0.05) is 0 Å². The molecule has 0 aromatic heterocycles. The number of aromatic hydroxyl groups is 1. The van der Waals surface area contributed by atoms with Gasteiger partial charge in [-0.05, 0) is 41.8 Å². The number of aliphatic hydroxyl groups is 4. The molecule has 192 valence electrons. The lowest BCUT2D eigenvalue weighted by molar-refractivity contribution is -0.277. The highest BCUT2D eigenvalue weighted by Crippen LogP contribution is 2.32. The van der Waals surface area contributed by atoms with Crippen LogP contribution in [0, 0.1) is 0 Å². The third-order valence-electron chi connectivity index (χ3n) is 5.58. The van der Waals surface area contributed by atoms with Gasteiger partial charge in [0.1, 0.15) is 24.4 Å². The second-order valence-electron chi connectivity index (χ2n) is 7.96. The zero-order valence-corrected chi connectivity index (χ0v) is 19.6. The van der Waals surface area contributed by atoms with Crippen molar-refractivity contribution in [3.05, 3.63) is 53.6 Å². The van der Waals surface area contributed by atoms with Crippen LogP contribution >= 0.6 is 0 Å². The highest BCUT2D eigenvalue weighted by atomic mass is 16.7. The first-order valence-electron chi connectivity index (χ1n) is 11.1. The summed E-state index contributed by atoms with van der Waals surface area (Å²) in [7, 11) is 2.97. The first-order chi connectivity index (χ1) is 16.9. The molecule has 0 bridgehead atoms. The first kappa shape index (κ1) is 26.7. The molecule has 0 saturated carbocycles. The molecule has 5 N–H and O–H groups in total. The highest BCUT2D eigenvalue weighted by molar-refractivity contribution is 5.55. The van der Waals surface area contributed by atoms with Crippen LogP contribution in [0.1, 0.15) is 11.1 Å². The van der Waals surface area contributed by atoms with Gasteiger partial charge in [0.25, 0.3) is 0 Å². The average molecular weight is 493 g/mol. The van der Waals surface area contributed by atoms with Gasteiger partial charge in [-0.1, -0.05) is 24.3 Å². The quantitative estimate of drug-likeness (QED) is 0.286. The minimum Gasteiger partial charge on any atom is -0.504 e. The summed E-state index contributed by atoms with van der Waals surface area (Å²) >= 11 is 0. The molecule has 10 heteroatoms. The molecular weight excluding hydrogens is 460 g/mol. The summed E-state index contributed by atoms with van der Waals surface area (Å²) in [5, 5.41) is 49.0. The molecule has 0 amide bonds. The molecule has 5 unspecified atom stereocenters. The van der Waals surface area contributed by atoms with Crippen LogP contribution in [0.4, 0.5) is 0 Å². The normalized spacial score (nSPS) is 24.5. The summed E-state index contributed by atoms with van der Waals surface area (Å²) in [5.74, 6) is 1.15. The maximum atomic E-state index is 10.2. The standard InChI is InChI=1S/C25H32O10/c1-31-19-12-15(5-7-17(19)27)4-3-10-33-11-9-16-6-8-18(20(13-16)32-2)34-25-24(30)23(29)22(28)21(14-26)35-25/h3-8,12-13,21-30H,9-11,14H2,1-2H3. The van der Waals surface area contributed by atoms with Gasteiger partial charge in [-0.25, -0.2) is 0 Å². The molecule has 2 aromatic rings. The Hall–Kier alpha value is -2.86. The maximum Gasteiger partial charge on any atom is 0.229 e. The minimum atomic E-state index is -1.53. The van der Waals surface area contributed by atoms with Gasteiger partial charge in [-0.15, -0.1) is 0 Å². The number of aliphatic hydroxyl groups excluding tert-OH is 4. The molecule has 1 aliphatic heterocycles. The molecular formula is C25H32O10. The summed E-state index contributed by atoms with van der Waals surface area (Å²) in [5.41, 5.74) is 1.80. The molecule has 3 rings (SSSR count).